The molecule has 0 rings (SSSR count). The second-order valence-corrected chi connectivity index (χ2v) is 6.85. The van der Waals surface area contributed by atoms with Crippen molar-refractivity contribution in [3.63, 3.8) is 0 Å². The number of aliphatic hydroxyl groups is 1. The maximum Gasteiger partial charge on any atom is 0.322 e. The number of carbonyl (C=O) groups excluding carboxylic acids is 4. The van der Waals surface area contributed by atoms with Gasteiger partial charge >= 0.3 is 11.9 Å². The number of hydrogen-bond acceptors (Lipinski definition) is 9. The number of carbonyl (C=O) groups is 6. The summed E-state index contributed by atoms with van der Waals surface area (Å²) in [6, 6.07) is -4.17. The van der Waals surface area contributed by atoms with Crippen molar-refractivity contribution in [3.8, 4) is 0 Å². The van der Waals surface area contributed by atoms with Crippen molar-refractivity contribution in [2.75, 3.05) is 26.2 Å². The van der Waals surface area contributed by atoms with Gasteiger partial charge in [0, 0.05) is 6.54 Å². The lowest BCUT2D eigenvalue weighted by atomic mass is 10.1. The predicted molar refractivity (Wildman–Crippen MR) is 115 cm³/mol. The Kier molecular flexibility index (Phi) is 13.9. The van der Waals surface area contributed by atoms with E-state index in [1.165, 1.54) is 0 Å². The monoisotopic (exact) mass is 490 g/mol. The van der Waals surface area contributed by atoms with E-state index in [0.29, 0.717) is 0 Å². The number of rotatable bonds is 16. The molecule has 17 heteroatoms. The fourth-order valence-electron chi connectivity index (χ4n) is 2.34. The molecular weight excluding hydrogens is 460 g/mol. The number of guanidine groups is 1. The van der Waals surface area contributed by atoms with Gasteiger partial charge in [-0.2, -0.15) is 0 Å². The quantitative estimate of drug-likeness (QED) is 0.0549. The Balaban J connectivity index is 5.03. The number of aliphatic imine (C=N–C) groups is 1. The van der Waals surface area contributed by atoms with E-state index >= 15 is 0 Å². The highest BCUT2D eigenvalue weighted by Crippen LogP contribution is 1.99. The van der Waals surface area contributed by atoms with Crippen LogP contribution in [0, 0.1) is 0 Å². The summed E-state index contributed by atoms with van der Waals surface area (Å²) in [5.41, 5.74) is 15.7. The van der Waals surface area contributed by atoms with Crippen LogP contribution in [-0.4, -0.2) is 101 Å². The van der Waals surface area contributed by atoms with Gasteiger partial charge in [-0.15, -0.1) is 0 Å². The molecule has 34 heavy (non-hydrogen) atoms. The Labute approximate surface area is 193 Å². The minimum atomic E-state index is -1.59. The third-order valence-electron chi connectivity index (χ3n) is 3.98. The Morgan fingerprint density at radius 1 is 0.824 bits per heavy atom. The minimum Gasteiger partial charge on any atom is -0.481 e. The highest BCUT2D eigenvalue weighted by Gasteiger charge is 2.27. The first kappa shape index (κ1) is 30.0. The van der Waals surface area contributed by atoms with Crippen LogP contribution in [0.5, 0.6) is 0 Å². The van der Waals surface area contributed by atoms with Gasteiger partial charge in [0.1, 0.15) is 24.7 Å². The maximum absolute atomic E-state index is 12.2. The molecule has 0 radical (unpaired) electrons. The molecule has 0 unspecified atom stereocenters. The van der Waals surface area contributed by atoms with Gasteiger partial charge in [0.15, 0.2) is 5.96 Å². The summed E-state index contributed by atoms with van der Waals surface area (Å²) in [5.74, 6) is -6.60. The second kappa shape index (κ2) is 15.8. The molecule has 13 N–H and O–H groups in total. The van der Waals surface area contributed by atoms with Gasteiger partial charge in [0.05, 0.1) is 19.6 Å². The van der Waals surface area contributed by atoms with Crippen molar-refractivity contribution in [1.29, 1.82) is 0 Å². The van der Waals surface area contributed by atoms with E-state index in [9.17, 15) is 28.8 Å². The zero-order valence-corrected chi connectivity index (χ0v) is 18.2. The number of hydrogen-bond donors (Lipinski definition) is 10. The molecule has 17 nitrogen and oxygen atoms in total. The van der Waals surface area contributed by atoms with E-state index in [2.05, 4.69) is 26.3 Å². The number of nitrogens with one attached hydrogen (secondary N) is 4. The fourth-order valence-corrected chi connectivity index (χ4v) is 2.34. The Morgan fingerprint density at radius 2 is 1.41 bits per heavy atom. The SMILES string of the molecule is NC(N)=NCCC[C@H](NC(=O)CNC(=O)[C@H](CC(=O)O)NC(=O)[C@H](N)CO)C(=O)NCC(=O)O. The standard InChI is InChI=1S/C17H30N8O9/c18-8(7-26)14(32)25-10(4-12(28)29)16(34)22-5-11(27)24-9(2-1-3-21-17(19)20)15(33)23-6-13(30)31/h8-10,26H,1-7,18H2,(H,22,34)(H,23,33)(H,24,27)(H,25,32)(H,28,29)(H,30,31)(H4,19,20,21)/t8-,9+,10+/m1/s1. The lowest BCUT2D eigenvalue weighted by Gasteiger charge is -2.20. The van der Waals surface area contributed by atoms with Gasteiger partial charge in [-0.25, -0.2) is 0 Å². The summed E-state index contributed by atoms with van der Waals surface area (Å²) in [7, 11) is 0. The number of nitrogens with two attached hydrogens (primary N) is 3. The molecule has 4 amide bonds. The van der Waals surface area contributed by atoms with E-state index in [1.54, 1.807) is 0 Å². The van der Waals surface area contributed by atoms with Crippen molar-refractivity contribution in [1.82, 2.24) is 21.3 Å². The van der Waals surface area contributed by atoms with Crippen LogP contribution in [0.4, 0.5) is 0 Å². The Morgan fingerprint density at radius 3 is 1.94 bits per heavy atom. The van der Waals surface area contributed by atoms with Gasteiger partial charge in [0.25, 0.3) is 0 Å². The lowest BCUT2D eigenvalue weighted by Crippen LogP contribution is -2.55. The highest BCUT2D eigenvalue weighted by atomic mass is 16.4. The van der Waals surface area contributed by atoms with Crippen molar-refractivity contribution in [2.24, 2.45) is 22.2 Å². The molecule has 0 bridgehead atoms. The zero-order valence-electron chi connectivity index (χ0n) is 18.2. The highest BCUT2D eigenvalue weighted by molar-refractivity contribution is 5.95. The summed E-state index contributed by atoms with van der Waals surface area (Å²) in [6.45, 7) is -2.01. The number of carboxylic acids is 2. The maximum atomic E-state index is 12.2. The van der Waals surface area contributed by atoms with Crippen LogP contribution in [0.3, 0.4) is 0 Å². The smallest absolute Gasteiger partial charge is 0.322 e. The number of aliphatic carboxylic acids is 2. The van der Waals surface area contributed by atoms with Crippen molar-refractivity contribution in [3.05, 3.63) is 0 Å². The summed E-state index contributed by atoms with van der Waals surface area (Å²) in [4.78, 5) is 73.7. The lowest BCUT2D eigenvalue weighted by molar-refractivity contribution is -0.141. The van der Waals surface area contributed by atoms with Gasteiger partial charge < -0.3 is 53.8 Å². The largest absolute Gasteiger partial charge is 0.481 e. The fraction of sp³-hybridized carbons (Fsp3) is 0.588. The minimum absolute atomic E-state index is 0.0265. The predicted octanol–water partition coefficient (Wildman–Crippen LogP) is -5.88. The number of nitrogens with zero attached hydrogens (tertiary/aromatic N) is 1. The molecule has 0 aromatic heterocycles. The van der Waals surface area contributed by atoms with Gasteiger partial charge in [-0.05, 0) is 12.8 Å². The third-order valence-corrected chi connectivity index (χ3v) is 3.98. The van der Waals surface area contributed by atoms with Crippen molar-refractivity contribution >= 4 is 41.5 Å². The van der Waals surface area contributed by atoms with Gasteiger partial charge in [0.2, 0.25) is 23.6 Å². The second-order valence-electron chi connectivity index (χ2n) is 6.85. The Hall–Kier alpha value is -3.99. The summed E-state index contributed by atoms with van der Waals surface area (Å²) < 4.78 is 0. The Bertz CT molecular complexity index is 785. The van der Waals surface area contributed by atoms with Crippen LogP contribution in [0.15, 0.2) is 4.99 Å². The average Bonchev–Trinajstić information content (AvgIpc) is 2.75. The molecule has 0 aliphatic carbocycles. The molecule has 3 atom stereocenters. The van der Waals surface area contributed by atoms with E-state index in [4.69, 9.17) is 32.5 Å². The molecule has 0 aliphatic heterocycles. The zero-order chi connectivity index (χ0) is 26.3. The molecule has 0 heterocycles. The van der Waals surface area contributed by atoms with Crippen LogP contribution in [0.25, 0.3) is 0 Å². The normalized spacial score (nSPS) is 12.9. The van der Waals surface area contributed by atoms with Crippen LogP contribution >= 0.6 is 0 Å². The third kappa shape index (κ3) is 13.4. The molecule has 0 spiro atoms. The molecule has 0 saturated heterocycles. The number of carboxylic acid groups (broad SMARTS) is 2. The van der Waals surface area contributed by atoms with E-state index < -0.39 is 79.8 Å². The molecule has 0 aromatic carbocycles. The summed E-state index contributed by atoms with van der Waals surface area (Å²) in [6.07, 6.45) is -0.561. The number of aliphatic hydroxyl groups excluding tert-OH is 1. The molecule has 0 saturated carbocycles. The van der Waals surface area contributed by atoms with E-state index in [1.807, 2.05) is 0 Å². The van der Waals surface area contributed by atoms with Gasteiger partial charge in [-0.1, -0.05) is 0 Å². The van der Waals surface area contributed by atoms with E-state index in [-0.39, 0.29) is 25.3 Å². The first-order valence-corrected chi connectivity index (χ1v) is 9.87. The van der Waals surface area contributed by atoms with E-state index in [0.717, 1.165) is 0 Å². The van der Waals surface area contributed by atoms with Crippen molar-refractivity contribution < 1.29 is 44.1 Å². The molecule has 0 aliphatic rings. The first-order valence-electron chi connectivity index (χ1n) is 9.87. The molecular formula is C17H30N8O9. The van der Waals surface area contributed by atoms with Crippen LogP contribution < -0.4 is 38.5 Å². The molecule has 0 fully saturated rings. The van der Waals surface area contributed by atoms with Crippen LogP contribution in [-0.2, 0) is 28.8 Å². The van der Waals surface area contributed by atoms with Crippen molar-refractivity contribution in [2.45, 2.75) is 37.4 Å². The molecule has 192 valence electrons. The summed E-state index contributed by atoms with van der Waals surface area (Å²) in [5, 5.41) is 35.1. The molecule has 0 aromatic rings. The number of amides is 4. The topological polar surface area (TPSA) is 302 Å². The van der Waals surface area contributed by atoms with Crippen LogP contribution in [0.1, 0.15) is 19.3 Å². The van der Waals surface area contributed by atoms with Gasteiger partial charge in [-0.3, -0.25) is 33.8 Å². The summed E-state index contributed by atoms with van der Waals surface area (Å²) >= 11 is 0. The first-order chi connectivity index (χ1) is 15.9. The average molecular weight is 490 g/mol. The van der Waals surface area contributed by atoms with Crippen LogP contribution in [0.2, 0.25) is 0 Å².